The van der Waals surface area contributed by atoms with Gasteiger partial charge in [0.15, 0.2) is 11.6 Å². The van der Waals surface area contributed by atoms with Gasteiger partial charge in [-0.05, 0) is 30.0 Å². The second-order valence-electron chi connectivity index (χ2n) is 9.13. The first-order valence-corrected chi connectivity index (χ1v) is 11.5. The summed E-state index contributed by atoms with van der Waals surface area (Å²) in [7, 11) is 0. The standard InChI is InChI=1S/C25H35N3O7/c1-5-10-35-18-12-20(25(33)34)28(13-18)22(24(32)21(26)14(2)3)23(31)19(27-15(4)29)11-16-6-8-17(30)9-7-16/h5-9,14,18-22,30H,1,10-13,26H2,2-4H3,(H,27,29)(H,33,34)/t18-,19+,20+,21+,22?/m1/s1. The Labute approximate surface area is 205 Å². The highest BCUT2D eigenvalue weighted by Gasteiger charge is 2.48. The van der Waals surface area contributed by atoms with Crippen molar-refractivity contribution in [1.29, 1.82) is 0 Å². The fraction of sp³-hybridized carbons (Fsp3) is 0.520. The van der Waals surface area contributed by atoms with Gasteiger partial charge in [-0.2, -0.15) is 0 Å². The minimum atomic E-state index is -1.49. The summed E-state index contributed by atoms with van der Waals surface area (Å²) in [5, 5.41) is 22.0. The molecule has 0 saturated carbocycles. The van der Waals surface area contributed by atoms with Crippen molar-refractivity contribution in [2.45, 2.75) is 63.9 Å². The first-order valence-electron chi connectivity index (χ1n) is 11.5. The lowest BCUT2D eigenvalue weighted by Gasteiger charge is -2.33. The van der Waals surface area contributed by atoms with Crippen LogP contribution in [-0.4, -0.2) is 82.0 Å². The SMILES string of the molecule is C=CCO[C@@H]1C[C@@H](C(=O)O)N(C(C(=O)[C@H](Cc2ccc(O)cc2)NC(C)=O)C(=O)[C@@H](N)C(C)C)C1. The number of benzene rings is 1. The fourth-order valence-electron chi connectivity index (χ4n) is 4.18. The van der Waals surface area contributed by atoms with Gasteiger partial charge in [0, 0.05) is 19.9 Å². The molecule has 1 amide bonds. The summed E-state index contributed by atoms with van der Waals surface area (Å²) in [4.78, 5) is 52.7. The number of nitrogens with zero attached hydrogens (tertiary/aromatic N) is 1. The second-order valence-corrected chi connectivity index (χ2v) is 9.13. The topological polar surface area (TPSA) is 159 Å². The summed E-state index contributed by atoms with van der Waals surface area (Å²) in [6.07, 6.45) is 1.14. The molecule has 10 heteroatoms. The van der Waals surface area contributed by atoms with E-state index in [-0.39, 0.29) is 37.7 Å². The number of aliphatic carboxylic acids is 1. The Bertz CT molecular complexity index is 931. The molecule has 0 aromatic heterocycles. The maximum Gasteiger partial charge on any atom is 0.321 e. The largest absolute Gasteiger partial charge is 0.508 e. The molecule has 192 valence electrons. The van der Waals surface area contributed by atoms with Crippen LogP contribution >= 0.6 is 0 Å². The molecule has 5 N–H and O–H groups in total. The maximum absolute atomic E-state index is 13.9. The van der Waals surface area contributed by atoms with Gasteiger partial charge in [0.2, 0.25) is 5.91 Å². The summed E-state index contributed by atoms with van der Waals surface area (Å²) in [6.45, 7) is 8.54. The normalized spacial score (nSPS) is 20.7. The molecule has 1 aromatic rings. The molecule has 10 nitrogen and oxygen atoms in total. The number of phenols is 1. The summed E-state index contributed by atoms with van der Waals surface area (Å²) in [5.74, 6) is -3.18. The van der Waals surface area contributed by atoms with Crippen LogP contribution in [0.15, 0.2) is 36.9 Å². The Hall–Kier alpha value is -3.08. The Morgan fingerprint density at radius 1 is 1.23 bits per heavy atom. The van der Waals surface area contributed by atoms with E-state index in [2.05, 4.69) is 11.9 Å². The number of nitrogens with two attached hydrogens (primary N) is 1. The van der Waals surface area contributed by atoms with Gasteiger partial charge in [-0.1, -0.05) is 32.1 Å². The van der Waals surface area contributed by atoms with E-state index >= 15 is 0 Å². The zero-order valence-corrected chi connectivity index (χ0v) is 20.3. The van der Waals surface area contributed by atoms with Crippen LogP contribution in [0.4, 0.5) is 0 Å². The van der Waals surface area contributed by atoms with Crippen molar-refractivity contribution >= 4 is 23.4 Å². The molecule has 1 heterocycles. The summed E-state index contributed by atoms with van der Waals surface area (Å²) >= 11 is 0. The number of phenolic OH excluding ortho intramolecular Hbond substituents is 1. The van der Waals surface area contributed by atoms with Crippen molar-refractivity contribution in [1.82, 2.24) is 10.2 Å². The van der Waals surface area contributed by atoms with E-state index in [9.17, 15) is 29.4 Å². The molecule has 1 aromatic carbocycles. The minimum absolute atomic E-state index is 0.0315. The van der Waals surface area contributed by atoms with Gasteiger partial charge in [0.05, 0.1) is 24.8 Å². The van der Waals surface area contributed by atoms with Crippen LogP contribution in [0.1, 0.15) is 32.8 Å². The van der Waals surface area contributed by atoms with Crippen molar-refractivity contribution in [3.8, 4) is 5.75 Å². The summed E-state index contributed by atoms with van der Waals surface area (Å²) in [6, 6.07) is 1.33. The van der Waals surface area contributed by atoms with E-state index in [1.807, 2.05) is 0 Å². The molecule has 2 rings (SSSR count). The number of nitrogens with one attached hydrogen (secondary N) is 1. The number of ether oxygens (including phenoxy) is 1. The molecule has 5 atom stereocenters. The van der Waals surface area contributed by atoms with Crippen LogP contribution < -0.4 is 11.1 Å². The highest BCUT2D eigenvalue weighted by molar-refractivity contribution is 6.11. The average molecular weight is 490 g/mol. The molecule has 0 spiro atoms. The number of likely N-dealkylation sites (tertiary alicyclic amines) is 1. The number of aromatic hydroxyl groups is 1. The van der Waals surface area contributed by atoms with E-state index in [4.69, 9.17) is 10.5 Å². The third-order valence-corrected chi connectivity index (χ3v) is 6.05. The second kappa shape index (κ2) is 12.6. The lowest BCUT2D eigenvalue weighted by Crippen LogP contribution is -2.61. The fourth-order valence-corrected chi connectivity index (χ4v) is 4.18. The van der Waals surface area contributed by atoms with Crippen LogP contribution in [0.2, 0.25) is 0 Å². The number of carboxylic acids is 1. The van der Waals surface area contributed by atoms with Crippen LogP contribution in [0.25, 0.3) is 0 Å². The monoisotopic (exact) mass is 489 g/mol. The molecule has 1 unspecified atom stereocenters. The Balaban J connectivity index is 2.47. The molecule has 0 bridgehead atoms. The van der Waals surface area contributed by atoms with E-state index < -0.39 is 53.7 Å². The number of ketones is 2. The van der Waals surface area contributed by atoms with Gasteiger partial charge < -0.3 is 26.0 Å². The molecule has 0 aliphatic carbocycles. The van der Waals surface area contributed by atoms with Crippen molar-refractivity contribution in [3.05, 3.63) is 42.5 Å². The first kappa shape index (κ1) is 28.2. The smallest absolute Gasteiger partial charge is 0.321 e. The van der Waals surface area contributed by atoms with Crippen molar-refractivity contribution in [2.75, 3.05) is 13.2 Å². The van der Waals surface area contributed by atoms with E-state index in [0.29, 0.717) is 5.56 Å². The number of carbonyl (C=O) groups excluding carboxylic acids is 3. The number of Topliss-reactive ketones (excluding diaryl/α,β-unsaturated/α-hetero) is 2. The van der Waals surface area contributed by atoms with Crippen LogP contribution in [0.3, 0.4) is 0 Å². The Morgan fingerprint density at radius 2 is 1.86 bits per heavy atom. The third kappa shape index (κ3) is 7.45. The molecule has 0 radical (unpaired) electrons. The van der Waals surface area contributed by atoms with Gasteiger partial charge in [0.25, 0.3) is 0 Å². The highest BCUT2D eigenvalue weighted by atomic mass is 16.5. The molecule has 35 heavy (non-hydrogen) atoms. The molecule has 1 saturated heterocycles. The highest BCUT2D eigenvalue weighted by Crippen LogP contribution is 2.26. The van der Waals surface area contributed by atoms with E-state index in [1.54, 1.807) is 26.0 Å². The van der Waals surface area contributed by atoms with Gasteiger partial charge in [-0.15, -0.1) is 6.58 Å². The van der Waals surface area contributed by atoms with E-state index in [0.717, 1.165) is 0 Å². The van der Waals surface area contributed by atoms with Gasteiger partial charge in [0.1, 0.15) is 17.8 Å². The predicted octanol–water partition coefficient (Wildman–Crippen LogP) is 0.660. The number of carbonyl (C=O) groups is 4. The average Bonchev–Trinajstić information content (AvgIpc) is 3.21. The molecule has 1 fully saturated rings. The zero-order valence-electron chi connectivity index (χ0n) is 20.3. The van der Waals surface area contributed by atoms with E-state index in [1.165, 1.54) is 30.0 Å². The maximum atomic E-state index is 13.9. The molecular weight excluding hydrogens is 454 g/mol. The number of carboxylic acid groups (broad SMARTS) is 1. The summed E-state index contributed by atoms with van der Waals surface area (Å²) < 4.78 is 5.64. The number of amides is 1. The Kier molecular flexibility index (Phi) is 10.1. The lowest BCUT2D eigenvalue weighted by molar-refractivity contribution is -0.147. The van der Waals surface area contributed by atoms with Gasteiger partial charge in [-0.25, -0.2) is 0 Å². The Morgan fingerprint density at radius 3 is 2.37 bits per heavy atom. The number of hydrogen-bond donors (Lipinski definition) is 4. The molecular formula is C25H35N3O7. The molecule has 1 aliphatic rings. The molecule has 1 aliphatic heterocycles. The predicted molar refractivity (Wildman–Crippen MR) is 129 cm³/mol. The minimum Gasteiger partial charge on any atom is -0.508 e. The zero-order chi connectivity index (χ0) is 26.3. The lowest BCUT2D eigenvalue weighted by atomic mass is 9.88. The van der Waals surface area contributed by atoms with Crippen molar-refractivity contribution < 1.29 is 34.1 Å². The number of hydrogen-bond acceptors (Lipinski definition) is 8. The van der Waals surface area contributed by atoms with Crippen LogP contribution in [-0.2, 0) is 30.3 Å². The third-order valence-electron chi connectivity index (χ3n) is 6.05. The van der Waals surface area contributed by atoms with Gasteiger partial charge >= 0.3 is 5.97 Å². The first-order chi connectivity index (χ1) is 16.5. The van der Waals surface area contributed by atoms with Gasteiger partial charge in [-0.3, -0.25) is 24.1 Å². The number of rotatable bonds is 13. The van der Waals surface area contributed by atoms with Crippen LogP contribution in [0.5, 0.6) is 5.75 Å². The van der Waals surface area contributed by atoms with Crippen molar-refractivity contribution in [2.24, 2.45) is 11.7 Å². The van der Waals surface area contributed by atoms with Crippen LogP contribution in [0, 0.1) is 5.92 Å². The van der Waals surface area contributed by atoms with Crippen molar-refractivity contribution in [3.63, 3.8) is 0 Å². The quantitative estimate of drug-likeness (QED) is 0.231. The summed E-state index contributed by atoms with van der Waals surface area (Å²) in [5.41, 5.74) is 6.77.